The van der Waals surface area contributed by atoms with Crippen LogP contribution in [0.2, 0.25) is 0 Å². The van der Waals surface area contributed by atoms with E-state index in [-0.39, 0.29) is 30.3 Å². The van der Waals surface area contributed by atoms with Crippen LogP contribution in [-0.2, 0) is 4.79 Å². The molecule has 0 aliphatic carbocycles. The molecule has 0 bridgehead atoms. The van der Waals surface area contributed by atoms with Crippen LogP contribution in [0.15, 0.2) is 0 Å². The van der Waals surface area contributed by atoms with Gasteiger partial charge in [-0.3, -0.25) is 4.79 Å². The van der Waals surface area contributed by atoms with Crippen LogP contribution in [0, 0.1) is 11.8 Å². The van der Waals surface area contributed by atoms with Gasteiger partial charge in [-0.1, -0.05) is 13.8 Å². The quantitative estimate of drug-likeness (QED) is 0.810. The van der Waals surface area contributed by atoms with Gasteiger partial charge < -0.3 is 11.1 Å². The van der Waals surface area contributed by atoms with Crippen LogP contribution in [0.25, 0.3) is 0 Å². The first-order valence-corrected chi connectivity index (χ1v) is 7.37. The zero-order valence-electron chi connectivity index (χ0n) is 10.8. The van der Waals surface area contributed by atoms with Crippen molar-refractivity contribution in [3.8, 4) is 0 Å². The first kappa shape index (κ1) is 17.1. The van der Waals surface area contributed by atoms with Crippen LogP contribution in [0.5, 0.6) is 0 Å². The van der Waals surface area contributed by atoms with E-state index in [0.29, 0.717) is 12.5 Å². The first-order valence-electron chi connectivity index (χ1n) is 6.21. The van der Waals surface area contributed by atoms with Gasteiger partial charge in [0.15, 0.2) is 0 Å². The van der Waals surface area contributed by atoms with Crippen molar-refractivity contribution in [2.75, 3.05) is 18.1 Å². The number of nitrogens with two attached hydrogens (primary N) is 1. The lowest BCUT2D eigenvalue weighted by Gasteiger charge is -2.25. The van der Waals surface area contributed by atoms with Crippen molar-refractivity contribution < 1.29 is 4.79 Å². The summed E-state index contributed by atoms with van der Waals surface area (Å²) in [7, 11) is 0. The number of halogens is 1. The molecule has 17 heavy (non-hydrogen) atoms. The maximum Gasteiger partial charge on any atom is 0.223 e. The third-order valence-electron chi connectivity index (χ3n) is 2.98. The summed E-state index contributed by atoms with van der Waals surface area (Å²) < 4.78 is 0. The Bertz CT molecular complexity index is 221. The maximum absolute atomic E-state index is 12.0. The van der Waals surface area contributed by atoms with Gasteiger partial charge >= 0.3 is 0 Å². The van der Waals surface area contributed by atoms with Gasteiger partial charge in [0.2, 0.25) is 5.91 Å². The van der Waals surface area contributed by atoms with E-state index >= 15 is 0 Å². The molecule has 1 atom stereocenters. The number of carbonyl (C=O) groups excluding carboxylic acids is 1. The van der Waals surface area contributed by atoms with Crippen molar-refractivity contribution in [3.63, 3.8) is 0 Å². The smallest absolute Gasteiger partial charge is 0.223 e. The Labute approximate surface area is 115 Å². The second-order valence-corrected chi connectivity index (χ2v) is 6.18. The molecule has 1 heterocycles. The Hall–Kier alpha value is 0.0700. The molecule has 0 aromatic carbocycles. The van der Waals surface area contributed by atoms with E-state index in [2.05, 4.69) is 19.2 Å². The number of amides is 1. The van der Waals surface area contributed by atoms with Gasteiger partial charge in [-0.25, -0.2) is 0 Å². The summed E-state index contributed by atoms with van der Waals surface area (Å²) in [6.07, 6.45) is 3.02. The molecule has 1 amide bonds. The summed E-state index contributed by atoms with van der Waals surface area (Å²) in [5.74, 6) is 3.26. The minimum absolute atomic E-state index is 0. The van der Waals surface area contributed by atoms with Crippen molar-refractivity contribution >= 4 is 30.1 Å². The predicted molar refractivity (Wildman–Crippen MR) is 77.7 cm³/mol. The monoisotopic (exact) mass is 280 g/mol. The number of carbonyl (C=O) groups is 1. The Morgan fingerprint density at radius 3 is 2.47 bits per heavy atom. The number of nitrogens with one attached hydrogen (secondary N) is 1. The van der Waals surface area contributed by atoms with E-state index in [1.165, 1.54) is 0 Å². The highest BCUT2D eigenvalue weighted by Gasteiger charge is 2.23. The molecule has 1 fully saturated rings. The highest BCUT2D eigenvalue weighted by molar-refractivity contribution is 7.99. The van der Waals surface area contributed by atoms with Crippen LogP contribution in [0.3, 0.4) is 0 Å². The normalized spacial score (nSPS) is 18.6. The minimum atomic E-state index is 0. The van der Waals surface area contributed by atoms with Gasteiger partial charge in [0.25, 0.3) is 0 Å². The molecule has 0 saturated carbocycles. The van der Waals surface area contributed by atoms with Crippen molar-refractivity contribution in [2.24, 2.45) is 17.6 Å². The highest BCUT2D eigenvalue weighted by Crippen LogP contribution is 2.22. The molecule has 1 unspecified atom stereocenters. The molecule has 0 aromatic rings. The molecule has 1 rings (SSSR count). The Kier molecular flexibility index (Phi) is 9.10. The van der Waals surface area contributed by atoms with Gasteiger partial charge in [0.1, 0.15) is 0 Å². The molecule has 0 aromatic heterocycles. The average Bonchev–Trinajstić information content (AvgIpc) is 2.28. The summed E-state index contributed by atoms with van der Waals surface area (Å²) in [4.78, 5) is 12.0. The van der Waals surface area contributed by atoms with Crippen molar-refractivity contribution in [1.29, 1.82) is 0 Å². The molecule has 1 saturated heterocycles. The van der Waals surface area contributed by atoms with Gasteiger partial charge in [-0.05, 0) is 36.7 Å². The third-order valence-corrected chi connectivity index (χ3v) is 4.03. The number of rotatable bonds is 5. The molecule has 0 spiro atoms. The summed E-state index contributed by atoms with van der Waals surface area (Å²) in [5, 5.41) is 3.09. The maximum atomic E-state index is 12.0. The summed E-state index contributed by atoms with van der Waals surface area (Å²) >= 11 is 1.95. The first-order chi connectivity index (χ1) is 7.63. The van der Waals surface area contributed by atoms with E-state index in [1.807, 2.05) is 11.8 Å². The molecule has 102 valence electrons. The van der Waals surface area contributed by atoms with E-state index in [4.69, 9.17) is 5.73 Å². The minimum Gasteiger partial charge on any atom is -0.352 e. The molecule has 1 aliphatic heterocycles. The molecule has 3 nitrogen and oxygen atoms in total. The largest absolute Gasteiger partial charge is 0.352 e. The summed E-state index contributed by atoms with van der Waals surface area (Å²) in [5.41, 5.74) is 5.68. The number of hydrogen-bond donors (Lipinski definition) is 2. The number of hydrogen-bond acceptors (Lipinski definition) is 3. The standard InChI is InChI=1S/C12H24N2OS.ClH/c1-9(2)7-11(8-13)14-12(15)10-3-5-16-6-4-10;/h9-11H,3-8,13H2,1-2H3,(H,14,15);1H. The van der Waals surface area contributed by atoms with Crippen molar-refractivity contribution in [3.05, 3.63) is 0 Å². The summed E-state index contributed by atoms with van der Waals surface area (Å²) in [6.45, 7) is 4.86. The molecule has 5 heteroatoms. The van der Waals surface area contributed by atoms with Crippen LogP contribution >= 0.6 is 24.2 Å². The summed E-state index contributed by atoms with van der Waals surface area (Å²) in [6, 6.07) is 0.155. The lowest BCUT2D eigenvalue weighted by atomic mass is 9.99. The van der Waals surface area contributed by atoms with Crippen LogP contribution < -0.4 is 11.1 Å². The fraction of sp³-hybridized carbons (Fsp3) is 0.917. The van der Waals surface area contributed by atoms with Gasteiger partial charge in [-0.2, -0.15) is 11.8 Å². The van der Waals surface area contributed by atoms with E-state index in [1.54, 1.807) is 0 Å². The van der Waals surface area contributed by atoms with Crippen LogP contribution in [-0.4, -0.2) is 30.0 Å². The Balaban J connectivity index is 0.00000256. The topological polar surface area (TPSA) is 55.1 Å². The average molecular weight is 281 g/mol. The van der Waals surface area contributed by atoms with E-state index in [9.17, 15) is 4.79 Å². The highest BCUT2D eigenvalue weighted by atomic mass is 35.5. The van der Waals surface area contributed by atoms with Crippen molar-refractivity contribution in [2.45, 2.75) is 39.2 Å². The van der Waals surface area contributed by atoms with Crippen molar-refractivity contribution in [1.82, 2.24) is 5.32 Å². The van der Waals surface area contributed by atoms with Gasteiger partial charge in [0.05, 0.1) is 0 Å². The molecular formula is C12H25ClN2OS. The zero-order chi connectivity index (χ0) is 12.0. The van der Waals surface area contributed by atoms with E-state index < -0.39 is 0 Å². The van der Waals surface area contributed by atoms with Gasteiger partial charge in [0, 0.05) is 18.5 Å². The second-order valence-electron chi connectivity index (χ2n) is 4.96. The van der Waals surface area contributed by atoms with Crippen LogP contribution in [0.4, 0.5) is 0 Å². The fourth-order valence-corrected chi connectivity index (χ4v) is 3.17. The zero-order valence-corrected chi connectivity index (χ0v) is 12.4. The lowest BCUT2D eigenvalue weighted by Crippen LogP contribution is -2.44. The van der Waals surface area contributed by atoms with E-state index in [0.717, 1.165) is 30.8 Å². The molecule has 3 N–H and O–H groups in total. The lowest BCUT2D eigenvalue weighted by molar-refractivity contribution is -0.126. The second kappa shape index (κ2) is 9.06. The molecule has 1 aliphatic rings. The van der Waals surface area contributed by atoms with Crippen LogP contribution in [0.1, 0.15) is 33.1 Å². The molecule has 0 radical (unpaired) electrons. The van der Waals surface area contributed by atoms with Gasteiger partial charge in [-0.15, -0.1) is 12.4 Å². The number of thioether (sulfide) groups is 1. The predicted octanol–water partition coefficient (Wildman–Crippen LogP) is 2.04. The molecular weight excluding hydrogens is 256 g/mol. The Morgan fingerprint density at radius 2 is 2.00 bits per heavy atom. The fourth-order valence-electron chi connectivity index (χ4n) is 2.06. The Morgan fingerprint density at radius 1 is 1.41 bits per heavy atom. The third kappa shape index (κ3) is 6.53. The SMILES string of the molecule is CC(C)CC(CN)NC(=O)C1CCSCC1.Cl.